The van der Waals surface area contributed by atoms with Crippen molar-refractivity contribution in [3.63, 3.8) is 0 Å². The van der Waals surface area contributed by atoms with E-state index in [1.807, 2.05) is 19.1 Å². The maximum Gasteiger partial charge on any atom is 0.297 e. The lowest BCUT2D eigenvalue weighted by Crippen LogP contribution is -2.54. The van der Waals surface area contributed by atoms with Crippen LogP contribution in [0.25, 0.3) is 0 Å². The molecule has 5 heteroatoms. The zero-order valence-electron chi connectivity index (χ0n) is 19.1. The van der Waals surface area contributed by atoms with Crippen molar-refractivity contribution in [1.82, 2.24) is 0 Å². The molecule has 4 aliphatic carbocycles. The van der Waals surface area contributed by atoms with Gasteiger partial charge >= 0.3 is 0 Å². The second-order valence-corrected chi connectivity index (χ2v) is 12.9. The molecule has 0 heterocycles. The molecule has 4 saturated carbocycles. The first-order chi connectivity index (χ1) is 14.6. The average Bonchev–Trinajstić information content (AvgIpc) is 3.04. The van der Waals surface area contributed by atoms with E-state index in [-0.39, 0.29) is 21.8 Å². The van der Waals surface area contributed by atoms with Crippen LogP contribution < -0.4 is 0 Å². The summed E-state index contributed by atoms with van der Waals surface area (Å²) in [7, 11) is -3.75. The van der Waals surface area contributed by atoms with E-state index >= 15 is 0 Å². The summed E-state index contributed by atoms with van der Waals surface area (Å²) in [6.45, 7) is 6.69. The van der Waals surface area contributed by atoms with E-state index in [1.54, 1.807) is 12.1 Å². The van der Waals surface area contributed by atoms with E-state index in [0.29, 0.717) is 29.5 Å². The number of benzene rings is 1. The molecule has 170 valence electrons. The number of hydrogen-bond acceptors (Lipinski definition) is 4. The first-order valence-electron chi connectivity index (χ1n) is 12.2. The van der Waals surface area contributed by atoms with E-state index in [9.17, 15) is 13.2 Å². The Kier molecular flexibility index (Phi) is 5.17. The Hall–Kier alpha value is -1.20. The van der Waals surface area contributed by atoms with Crippen LogP contribution in [0.2, 0.25) is 0 Å². The molecule has 1 aromatic rings. The average molecular weight is 445 g/mol. The summed E-state index contributed by atoms with van der Waals surface area (Å²) in [5.41, 5.74) is 1.25. The second kappa shape index (κ2) is 7.41. The van der Waals surface area contributed by atoms with Gasteiger partial charge in [-0.05, 0) is 98.5 Å². The largest absolute Gasteiger partial charge is 0.300 e. The topological polar surface area (TPSA) is 60.4 Å². The Labute approximate surface area is 187 Å². The fourth-order valence-electron chi connectivity index (χ4n) is 8.07. The highest BCUT2D eigenvalue weighted by atomic mass is 32.2. The molecule has 0 spiro atoms. The number of ketones is 1. The molecular weight excluding hydrogens is 408 g/mol. The maximum atomic E-state index is 13.0. The molecular formula is C26H36O4S. The van der Waals surface area contributed by atoms with Gasteiger partial charge in [-0.15, -0.1) is 0 Å². The maximum absolute atomic E-state index is 13.0. The molecule has 4 nitrogen and oxygen atoms in total. The van der Waals surface area contributed by atoms with Crippen LogP contribution in [0.4, 0.5) is 0 Å². The minimum atomic E-state index is -3.75. The molecule has 4 aliphatic rings. The van der Waals surface area contributed by atoms with Gasteiger partial charge in [0.15, 0.2) is 0 Å². The quantitative estimate of drug-likeness (QED) is 0.563. The highest BCUT2D eigenvalue weighted by Gasteiger charge is 2.61. The summed E-state index contributed by atoms with van der Waals surface area (Å²) in [6, 6.07) is 6.97. The van der Waals surface area contributed by atoms with E-state index < -0.39 is 10.1 Å². The van der Waals surface area contributed by atoms with Gasteiger partial charge in [-0.3, -0.25) is 8.98 Å². The predicted molar refractivity (Wildman–Crippen MR) is 120 cm³/mol. The molecule has 0 N–H and O–H groups in total. The molecule has 0 aliphatic heterocycles. The number of carbonyl (C=O) groups excluding carboxylic acids is 1. The van der Waals surface area contributed by atoms with E-state index in [4.69, 9.17) is 4.18 Å². The number of Topliss-reactive ketones (excluding diaryl/α,β-unsaturated/α-hetero) is 1. The van der Waals surface area contributed by atoms with Crippen LogP contribution in [-0.4, -0.2) is 20.3 Å². The minimum Gasteiger partial charge on any atom is -0.300 e. The highest BCUT2D eigenvalue weighted by Crippen LogP contribution is 2.66. The molecule has 0 amide bonds. The minimum absolute atomic E-state index is 0.0768. The molecule has 0 radical (unpaired) electrons. The third-order valence-electron chi connectivity index (χ3n) is 9.95. The molecule has 0 aromatic heterocycles. The van der Waals surface area contributed by atoms with Crippen molar-refractivity contribution in [2.45, 2.75) is 89.6 Å². The number of carbonyl (C=O) groups is 1. The Morgan fingerprint density at radius 2 is 1.61 bits per heavy atom. The van der Waals surface area contributed by atoms with Gasteiger partial charge in [-0.25, -0.2) is 0 Å². The first kappa shape index (κ1) is 21.6. The molecule has 1 aromatic carbocycles. The van der Waals surface area contributed by atoms with Gasteiger partial charge in [0.25, 0.3) is 10.1 Å². The third-order valence-corrected chi connectivity index (χ3v) is 11.3. The zero-order chi connectivity index (χ0) is 22.0. The van der Waals surface area contributed by atoms with Crippen LogP contribution >= 0.6 is 0 Å². The summed E-state index contributed by atoms with van der Waals surface area (Å²) in [5.74, 6) is 2.85. The van der Waals surface area contributed by atoms with Crippen LogP contribution in [0.15, 0.2) is 29.2 Å². The summed E-state index contributed by atoms with van der Waals surface area (Å²) in [5, 5.41) is 0. The molecule has 7 atom stereocenters. The Morgan fingerprint density at radius 3 is 2.35 bits per heavy atom. The Balaban J connectivity index is 1.37. The van der Waals surface area contributed by atoms with Crippen molar-refractivity contribution in [3.05, 3.63) is 29.8 Å². The molecule has 31 heavy (non-hydrogen) atoms. The van der Waals surface area contributed by atoms with Crippen molar-refractivity contribution in [3.8, 4) is 0 Å². The fourth-order valence-corrected chi connectivity index (χ4v) is 9.27. The SMILES string of the molecule is Cc1ccc(S(=O)(=O)O[C@@H]2CC[C@@H]3[C@H]4CC[C@@H]5CC(=O)CC[C@@]5(C)[C@@H]4CC[C@]32C)cc1. The summed E-state index contributed by atoms with van der Waals surface area (Å²) < 4.78 is 32.0. The van der Waals surface area contributed by atoms with Crippen molar-refractivity contribution in [1.29, 1.82) is 0 Å². The van der Waals surface area contributed by atoms with E-state index in [2.05, 4.69) is 13.8 Å². The summed E-state index contributed by atoms with van der Waals surface area (Å²) in [6.07, 6.45) is 8.75. The molecule has 5 rings (SSSR count). The number of hydrogen-bond donors (Lipinski definition) is 0. The van der Waals surface area contributed by atoms with Gasteiger partial charge in [0.1, 0.15) is 5.78 Å². The fraction of sp³-hybridized carbons (Fsp3) is 0.731. The summed E-state index contributed by atoms with van der Waals surface area (Å²) in [4.78, 5) is 12.4. The first-order valence-corrected chi connectivity index (χ1v) is 13.6. The normalized spacial score (nSPS) is 42.5. The van der Waals surface area contributed by atoms with Crippen LogP contribution in [-0.2, 0) is 19.1 Å². The highest BCUT2D eigenvalue weighted by molar-refractivity contribution is 7.86. The van der Waals surface area contributed by atoms with Crippen molar-refractivity contribution < 1.29 is 17.4 Å². The van der Waals surface area contributed by atoms with Crippen LogP contribution in [0.5, 0.6) is 0 Å². The molecule has 0 bridgehead atoms. The van der Waals surface area contributed by atoms with Crippen LogP contribution in [0.3, 0.4) is 0 Å². The lowest BCUT2D eigenvalue weighted by Gasteiger charge is -2.60. The monoisotopic (exact) mass is 444 g/mol. The van der Waals surface area contributed by atoms with Crippen LogP contribution in [0.1, 0.15) is 77.2 Å². The Bertz CT molecular complexity index is 968. The van der Waals surface area contributed by atoms with E-state index in [1.165, 1.54) is 6.42 Å². The number of aryl methyl sites for hydroxylation is 1. The van der Waals surface area contributed by atoms with Gasteiger partial charge in [0, 0.05) is 12.8 Å². The van der Waals surface area contributed by atoms with Crippen LogP contribution in [0, 0.1) is 41.4 Å². The number of fused-ring (bicyclic) bond motifs is 5. The third kappa shape index (κ3) is 3.42. The van der Waals surface area contributed by atoms with Gasteiger partial charge in [0.2, 0.25) is 0 Å². The lowest BCUT2D eigenvalue weighted by molar-refractivity contribution is -0.140. The summed E-state index contributed by atoms with van der Waals surface area (Å²) >= 11 is 0. The smallest absolute Gasteiger partial charge is 0.297 e. The Morgan fingerprint density at radius 1 is 0.903 bits per heavy atom. The molecule has 0 saturated heterocycles. The van der Waals surface area contributed by atoms with E-state index in [0.717, 1.165) is 56.9 Å². The zero-order valence-corrected chi connectivity index (χ0v) is 19.9. The predicted octanol–water partition coefficient (Wildman–Crippen LogP) is 5.68. The second-order valence-electron chi connectivity index (χ2n) is 11.4. The van der Waals surface area contributed by atoms with Crippen molar-refractivity contribution in [2.75, 3.05) is 0 Å². The number of rotatable bonds is 3. The van der Waals surface area contributed by atoms with Gasteiger partial charge in [0.05, 0.1) is 11.0 Å². The van der Waals surface area contributed by atoms with Crippen molar-refractivity contribution >= 4 is 15.9 Å². The van der Waals surface area contributed by atoms with Gasteiger partial charge in [-0.2, -0.15) is 8.42 Å². The van der Waals surface area contributed by atoms with Gasteiger partial charge in [-0.1, -0.05) is 31.5 Å². The molecule has 4 fully saturated rings. The standard InChI is InChI=1S/C26H36O4S/c1-17-4-7-20(8-5-17)31(28,29)30-24-11-10-22-21-9-6-18-16-19(27)12-14-25(18,2)23(21)13-15-26(22,24)3/h4-5,7-8,18,21-24H,6,9-16H2,1-3H3/t18-,21-,22-,23-,24-,25-,26-/m1/s1. The van der Waals surface area contributed by atoms with Gasteiger partial charge < -0.3 is 0 Å². The lowest BCUT2D eigenvalue weighted by atomic mass is 9.45. The van der Waals surface area contributed by atoms with Crippen molar-refractivity contribution in [2.24, 2.45) is 34.5 Å². The molecule has 0 unspecified atom stereocenters.